The van der Waals surface area contributed by atoms with Gasteiger partial charge < -0.3 is 4.57 Å². The predicted octanol–water partition coefficient (Wildman–Crippen LogP) is 5.27. The highest BCUT2D eigenvalue weighted by atomic mass is 15.0. The number of rotatable bonds is 0. The molecule has 0 saturated carbocycles. The van der Waals surface area contributed by atoms with Crippen LogP contribution in [0, 0.1) is 13.8 Å². The SMILES string of the molecule is CC.CC.CC.Cc1cc2ncn(C)c2cc1C. The van der Waals surface area contributed by atoms with Crippen molar-refractivity contribution in [2.45, 2.75) is 55.4 Å². The fourth-order valence-electron chi connectivity index (χ4n) is 1.38. The summed E-state index contributed by atoms with van der Waals surface area (Å²) in [5, 5.41) is 0. The van der Waals surface area contributed by atoms with Crippen LogP contribution >= 0.6 is 0 Å². The highest BCUT2D eigenvalue weighted by molar-refractivity contribution is 5.77. The van der Waals surface area contributed by atoms with Crippen molar-refractivity contribution in [3.05, 3.63) is 29.6 Å². The summed E-state index contributed by atoms with van der Waals surface area (Å²) >= 11 is 0. The molecule has 1 aromatic heterocycles. The lowest BCUT2D eigenvalue weighted by Gasteiger charge is -2.00. The Labute approximate surface area is 113 Å². The highest BCUT2D eigenvalue weighted by Crippen LogP contribution is 2.16. The van der Waals surface area contributed by atoms with Crippen molar-refractivity contribution < 1.29 is 0 Å². The van der Waals surface area contributed by atoms with E-state index in [4.69, 9.17) is 0 Å². The fraction of sp³-hybridized carbons (Fsp3) is 0.562. The topological polar surface area (TPSA) is 17.8 Å². The molecular formula is C16H30N2. The molecule has 0 aliphatic heterocycles. The van der Waals surface area contributed by atoms with Crippen molar-refractivity contribution in [1.82, 2.24) is 9.55 Å². The third-order valence-electron chi connectivity index (χ3n) is 2.34. The lowest BCUT2D eigenvalue weighted by Crippen LogP contribution is -1.86. The number of aromatic nitrogens is 2. The van der Waals surface area contributed by atoms with E-state index in [1.807, 2.05) is 59.5 Å². The third kappa shape index (κ3) is 4.91. The molecule has 2 heteroatoms. The van der Waals surface area contributed by atoms with E-state index in [0.29, 0.717) is 0 Å². The molecule has 0 N–H and O–H groups in total. The summed E-state index contributed by atoms with van der Waals surface area (Å²) in [4.78, 5) is 4.28. The van der Waals surface area contributed by atoms with Crippen LogP contribution < -0.4 is 0 Å². The summed E-state index contributed by atoms with van der Waals surface area (Å²) in [6, 6.07) is 4.31. The first kappa shape index (κ1) is 19.0. The molecule has 0 aliphatic carbocycles. The second-order valence-electron chi connectivity index (χ2n) is 3.28. The Hall–Kier alpha value is -1.31. The minimum Gasteiger partial charge on any atom is -0.334 e. The molecule has 0 fully saturated rings. The molecule has 0 amide bonds. The molecule has 2 rings (SSSR count). The van der Waals surface area contributed by atoms with E-state index < -0.39 is 0 Å². The number of fused-ring (bicyclic) bond motifs is 1. The summed E-state index contributed by atoms with van der Waals surface area (Å²) < 4.78 is 2.04. The first-order valence-electron chi connectivity index (χ1n) is 7.07. The van der Waals surface area contributed by atoms with Crippen molar-refractivity contribution in [2.24, 2.45) is 7.05 Å². The number of nitrogens with zero attached hydrogens (tertiary/aromatic N) is 2. The first-order chi connectivity index (χ1) is 8.68. The molecule has 18 heavy (non-hydrogen) atoms. The number of hydrogen-bond acceptors (Lipinski definition) is 1. The number of hydrogen-bond donors (Lipinski definition) is 0. The molecule has 2 nitrogen and oxygen atoms in total. The molecule has 1 aromatic carbocycles. The van der Waals surface area contributed by atoms with E-state index in [0.717, 1.165) is 5.52 Å². The Bertz CT molecular complexity index is 428. The Kier molecular flexibility index (Phi) is 11.4. The van der Waals surface area contributed by atoms with Crippen molar-refractivity contribution in [2.75, 3.05) is 0 Å². The second-order valence-corrected chi connectivity index (χ2v) is 3.28. The number of imidazole rings is 1. The van der Waals surface area contributed by atoms with Crippen molar-refractivity contribution in [3.8, 4) is 0 Å². The first-order valence-corrected chi connectivity index (χ1v) is 7.07. The summed E-state index contributed by atoms with van der Waals surface area (Å²) in [7, 11) is 2.02. The monoisotopic (exact) mass is 250 g/mol. The molecular weight excluding hydrogens is 220 g/mol. The van der Waals surface area contributed by atoms with Gasteiger partial charge in [0.15, 0.2) is 0 Å². The summed E-state index contributed by atoms with van der Waals surface area (Å²) in [5.41, 5.74) is 4.92. The van der Waals surface area contributed by atoms with Crippen LogP contribution in [0.1, 0.15) is 52.7 Å². The molecule has 1 heterocycles. The standard InChI is InChI=1S/C10H12N2.3C2H6/c1-7-4-9-10(5-8(7)2)12(3)6-11-9;3*1-2/h4-6H,1-3H3;3*1-2H3. The van der Waals surface area contributed by atoms with Crippen molar-refractivity contribution >= 4 is 11.0 Å². The van der Waals surface area contributed by atoms with Gasteiger partial charge >= 0.3 is 0 Å². The Balaban J connectivity index is 0. The second kappa shape index (κ2) is 10.8. The summed E-state index contributed by atoms with van der Waals surface area (Å²) in [6.45, 7) is 16.2. The van der Waals surface area contributed by atoms with Crippen molar-refractivity contribution in [1.29, 1.82) is 0 Å². The van der Waals surface area contributed by atoms with Crippen LogP contribution in [0.4, 0.5) is 0 Å². The van der Waals surface area contributed by atoms with E-state index >= 15 is 0 Å². The van der Waals surface area contributed by atoms with Gasteiger partial charge in [-0.2, -0.15) is 0 Å². The molecule has 0 saturated heterocycles. The van der Waals surface area contributed by atoms with E-state index in [1.54, 1.807) is 0 Å². The zero-order valence-electron chi connectivity index (χ0n) is 13.6. The smallest absolute Gasteiger partial charge is 0.0955 e. The third-order valence-corrected chi connectivity index (χ3v) is 2.34. The lowest BCUT2D eigenvalue weighted by atomic mass is 10.1. The van der Waals surface area contributed by atoms with Gasteiger partial charge in [-0.15, -0.1) is 0 Å². The van der Waals surface area contributed by atoms with E-state index in [-0.39, 0.29) is 0 Å². The van der Waals surface area contributed by atoms with Gasteiger partial charge in [-0.05, 0) is 37.1 Å². The molecule has 0 unspecified atom stereocenters. The van der Waals surface area contributed by atoms with Gasteiger partial charge in [0.05, 0.1) is 17.4 Å². The molecule has 0 radical (unpaired) electrons. The molecule has 104 valence electrons. The maximum Gasteiger partial charge on any atom is 0.0955 e. The molecule has 0 aliphatic rings. The average molecular weight is 250 g/mol. The molecule has 0 spiro atoms. The van der Waals surface area contributed by atoms with Gasteiger partial charge in [0.2, 0.25) is 0 Å². The van der Waals surface area contributed by atoms with Crippen LogP contribution in [0.5, 0.6) is 0 Å². The predicted molar refractivity (Wildman–Crippen MR) is 84.2 cm³/mol. The lowest BCUT2D eigenvalue weighted by molar-refractivity contribution is 0.947. The minimum atomic E-state index is 1.08. The van der Waals surface area contributed by atoms with Crippen LogP contribution in [0.25, 0.3) is 11.0 Å². The van der Waals surface area contributed by atoms with Gasteiger partial charge in [-0.1, -0.05) is 41.5 Å². The number of benzene rings is 1. The Morgan fingerprint density at radius 1 is 0.833 bits per heavy atom. The fourth-order valence-corrected chi connectivity index (χ4v) is 1.38. The van der Waals surface area contributed by atoms with Gasteiger partial charge in [-0.3, -0.25) is 0 Å². The van der Waals surface area contributed by atoms with Gasteiger partial charge in [-0.25, -0.2) is 4.98 Å². The van der Waals surface area contributed by atoms with Crippen LogP contribution in [-0.2, 0) is 7.05 Å². The zero-order chi connectivity index (χ0) is 14.7. The van der Waals surface area contributed by atoms with Crippen LogP contribution in [-0.4, -0.2) is 9.55 Å². The summed E-state index contributed by atoms with van der Waals surface area (Å²) in [6.07, 6.45) is 1.85. The largest absolute Gasteiger partial charge is 0.334 e. The maximum absolute atomic E-state index is 4.28. The normalized spacial score (nSPS) is 8.28. The van der Waals surface area contributed by atoms with Gasteiger partial charge in [0, 0.05) is 7.05 Å². The molecule has 0 atom stereocenters. The quantitative estimate of drug-likeness (QED) is 0.623. The summed E-state index contributed by atoms with van der Waals surface area (Å²) in [5.74, 6) is 0. The highest BCUT2D eigenvalue weighted by Gasteiger charge is 2.01. The molecule has 0 bridgehead atoms. The van der Waals surface area contributed by atoms with E-state index in [9.17, 15) is 0 Å². The Morgan fingerprint density at radius 2 is 1.28 bits per heavy atom. The zero-order valence-corrected chi connectivity index (χ0v) is 13.6. The van der Waals surface area contributed by atoms with Crippen LogP contribution in [0.3, 0.4) is 0 Å². The maximum atomic E-state index is 4.28. The Morgan fingerprint density at radius 3 is 1.78 bits per heavy atom. The van der Waals surface area contributed by atoms with E-state index in [2.05, 4.69) is 31.0 Å². The molecule has 2 aromatic rings. The van der Waals surface area contributed by atoms with Gasteiger partial charge in [0.1, 0.15) is 0 Å². The average Bonchev–Trinajstić information content (AvgIpc) is 2.79. The van der Waals surface area contributed by atoms with Crippen molar-refractivity contribution in [3.63, 3.8) is 0 Å². The van der Waals surface area contributed by atoms with E-state index in [1.165, 1.54) is 16.6 Å². The van der Waals surface area contributed by atoms with Crippen LogP contribution in [0.2, 0.25) is 0 Å². The van der Waals surface area contributed by atoms with Gasteiger partial charge in [0.25, 0.3) is 0 Å². The van der Waals surface area contributed by atoms with Crippen LogP contribution in [0.15, 0.2) is 18.5 Å². The minimum absolute atomic E-state index is 1.08. The number of aryl methyl sites for hydroxylation is 3.